The number of Topliss-reactive ketones (excluding diaryl/α,β-unsaturated/α-hetero) is 2. The molecule has 2 atom stereocenters. The summed E-state index contributed by atoms with van der Waals surface area (Å²) in [6.45, 7) is 4.16. The van der Waals surface area contributed by atoms with Crippen molar-refractivity contribution in [3.63, 3.8) is 0 Å². The molecular formula is C26H33N3O5S. The number of nitrogens with one attached hydrogen (secondary N) is 2. The van der Waals surface area contributed by atoms with Gasteiger partial charge in [0.05, 0.1) is 10.9 Å². The Morgan fingerprint density at radius 2 is 1.83 bits per heavy atom. The molecule has 2 unspecified atom stereocenters. The van der Waals surface area contributed by atoms with E-state index in [2.05, 4.69) is 15.0 Å². The molecule has 3 rings (SSSR count). The van der Waals surface area contributed by atoms with Gasteiger partial charge in [0.1, 0.15) is 0 Å². The van der Waals surface area contributed by atoms with Gasteiger partial charge in [0.15, 0.2) is 5.78 Å². The molecule has 0 spiro atoms. The fourth-order valence-corrected chi connectivity index (χ4v) is 5.47. The SMILES string of the molecule is CC(C)CC(NS(=O)(=O)c1ccccc1)C(=O)CC1Cc2cncc(c2)CCCCNC(=O)C1=O. The van der Waals surface area contributed by atoms with Crippen molar-refractivity contribution < 1.29 is 22.8 Å². The fraction of sp³-hybridized carbons (Fsp3) is 0.462. The summed E-state index contributed by atoms with van der Waals surface area (Å²) in [5, 5.41) is 2.66. The molecule has 0 fully saturated rings. The Labute approximate surface area is 207 Å². The molecule has 0 aliphatic carbocycles. The highest BCUT2D eigenvalue weighted by Gasteiger charge is 2.33. The number of benzene rings is 1. The van der Waals surface area contributed by atoms with Gasteiger partial charge in [-0.1, -0.05) is 38.1 Å². The van der Waals surface area contributed by atoms with Gasteiger partial charge in [-0.15, -0.1) is 0 Å². The van der Waals surface area contributed by atoms with E-state index in [9.17, 15) is 22.8 Å². The molecule has 0 saturated carbocycles. The average Bonchev–Trinajstić information content (AvgIpc) is 2.82. The van der Waals surface area contributed by atoms with Gasteiger partial charge in [0, 0.05) is 31.3 Å². The highest BCUT2D eigenvalue weighted by molar-refractivity contribution is 7.89. The van der Waals surface area contributed by atoms with Crippen LogP contribution in [0.15, 0.2) is 53.7 Å². The number of carbonyl (C=O) groups excluding carboxylic acids is 3. The Hall–Kier alpha value is -2.91. The monoisotopic (exact) mass is 499 g/mol. The zero-order chi connectivity index (χ0) is 25.4. The third-order valence-electron chi connectivity index (χ3n) is 6.00. The van der Waals surface area contributed by atoms with Gasteiger partial charge in [0.2, 0.25) is 15.8 Å². The predicted molar refractivity (Wildman–Crippen MR) is 132 cm³/mol. The van der Waals surface area contributed by atoms with Crippen molar-refractivity contribution in [1.29, 1.82) is 0 Å². The van der Waals surface area contributed by atoms with Gasteiger partial charge < -0.3 is 5.32 Å². The highest BCUT2D eigenvalue weighted by Crippen LogP contribution is 2.20. The van der Waals surface area contributed by atoms with Gasteiger partial charge in [-0.25, -0.2) is 13.1 Å². The quantitative estimate of drug-likeness (QED) is 0.539. The van der Waals surface area contributed by atoms with Crippen LogP contribution < -0.4 is 10.0 Å². The summed E-state index contributed by atoms with van der Waals surface area (Å²) in [6.07, 6.45) is 6.03. The van der Waals surface area contributed by atoms with E-state index < -0.39 is 39.5 Å². The first-order chi connectivity index (χ1) is 16.7. The topological polar surface area (TPSA) is 122 Å². The summed E-state index contributed by atoms with van der Waals surface area (Å²) in [5.74, 6) is -2.68. The second-order valence-corrected chi connectivity index (χ2v) is 11.2. The lowest BCUT2D eigenvalue weighted by Crippen LogP contribution is -2.44. The number of pyridine rings is 1. The number of aryl methyl sites for hydroxylation is 1. The molecule has 1 aromatic carbocycles. The highest BCUT2D eigenvalue weighted by atomic mass is 32.2. The van der Waals surface area contributed by atoms with Crippen LogP contribution in [0.25, 0.3) is 0 Å². The lowest BCUT2D eigenvalue weighted by atomic mass is 9.87. The Kier molecular flexibility index (Phi) is 9.28. The van der Waals surface area contributed by atoms with E-state index in [-0.39, 0.29) is 30.1 Å². The molecule has 2 aromatic rings. The molecule has 2 heterocycles. The maximum absolute atomic E-state index is 13.4. The molecule has 1 aliphatic heterocycles. The summed E-state index contributed by atoms with van der Waals surface area (Å²) in [6, 6.07) is 8.79. The van der Waals surface area contributed by atoms with Crippen LogP contribution in [0.2, 0.25) is 0 Å². The van der Waals surface area contributed by atoms with Crippen molar-refractivity contribution in [2.45, 2.75) is 63.3 Å². The second-order valence-electron chi connectivity index (χ2n) is 9.47. The van der Waals surface area contributed by atoms with Crippen LogP contribution in [0, 0.1) is 11.8 Å². The molecule has 0 radical (unpaired) electrons. The van der Waals surface area contributed by atoms with Crippen molar-refractivity contribution in [2.75, 3.05) is 6.54 Å². The van der Waals surface area contributed by atoms with E-state index >= 15 is 0 Å². The molecular weight excluding hydrogens is 466 g/mol. The average molecular weight is 500 g/mol. The van der Waals surface area contributed by atoms with Crippen LogP contribution in [0.1, 0.15) is 50.7 Å². The normalized spacial score (nSPS) is 18.3. The van der Waals surface area contributed by atoms with Crippen LogP contribution >= 0.6 is 0 Å². The van der Waals surface area contributed by atoms with Crippen LogP contribution in [0.4, 0.5) is 0 Å². The number of ketones is 2. The van der Waals surface area contributed by atoms with Crippen molar-refractivity contribution >= 4 is 27.5 Å². The van der Waals surface area contributed by atoms with Crippen LogP contribution in [0.5, 0.6) is 0 Å². The number of fused-ring (bicyclic) bond motifs is 2. The smallest absolute Gasteiger partial charge is 0.287 e. The summed E-state index contributed by atoms with van der Waals surface area (Å²) in [7, 11) is -3.94. The van der Waals surface area contributed by atoms with E-state index in [1.807, 2.05) is 19.9 Å². The molecule has 2 N–H and O–H groups in total. The van der Waals surface area contributed by atoms with Gasteiger partial charge >= 0.3 is 0 Å². The van der Waals surface area contributed by atoms with Crippen molar-refractivity contribution in [2.24, 2.45) is 11.8 Å². The number of rotatable bonds is 8. The second kappa shape index (κ2) is 12.2. The number of carbonyl (C=O) groups is 3. The maximum atomic E-state index is 13.4. The molecule has 0 saturated heterocycles. The summed E-state index contributed by atoms with van der Waals surface area (Å²) in [5.41, 5.74) is 1.81. The standard InChI is InChI=1S/C26H33N3O5S/c1-18(2)12-23(29-35(33,34)22-9-4-3-5-10-22)24(30)15-21-14-20-13-19(16-27-17-20)8-6-7-11-28-26(32)25(21)31/h3-5,9-10,13,16-18,21,23,29H,6-8,11-12,14-15H2,1-2H3,(H,28,32). The summed E-state index contributed by atoms with van der Waals surface area (Å²) in [4.78, 5) is 43.2. The molecule has 188 valence electrons. The molecule has 9 heteroatoms. The minimum absolute atomic E-state index is 0.0265. The number of aromatic nitrogens is 1. The third kappa shape index (κ3) is 7.80. The number of hydrogen-bond donors (Lipinski definition) is 2. The molecule has 1 aliphatic rings. The maximum Gasteiger partial charge on any atom is 0.287 e. The minimum atomic E-state index is -3.94. The van der Waals surface area contributed by atoms with Crippen LogP contribution in [-0.4, -0.2) is 43.5 Å². The Balaban J connectivity index is 1.85. The summed E-state index contributed by atoms with van der Waals surface area (Å²) >= 11 is 0. The van der Waals surface area contributed by atoms with Gasteiger partial charge in [0.25, 0.3) is 5.91 Å². The predicted octanol–water partition coefficient (Wildman–Crippen LogP) is 2.61. The number of sulfonamides is 1. The number of hydrogen-bond acceptors (Lipinski definition) is 6. The zero-order valence-electron chi connectivity index (χ0n) is 20.2. The first kappa shape index (κ1) is 26.7. The largest absolute Gasteiger partial charge is 0.349 e. The molecule has 1 aromatic heterocycles. The van der Waals surface area contributed by atoms with E-state index in [4.69, 9.17) is 0 Å². The van der Waals surface area contributed by atoms with Gasteiger partial charge in [-0.05, 0) is 61.3 Å². The fourth-order valence-electron chi connectivity index (χ4n) is 4.22. The number of nitrogens with zero attached hydrogens (tertiary/aromatic N) is 1. The molecule has 8 nitrogen and oxygen atoms in total. The molecule has 35 heavy (non-hydrogen) atoms. The molecule has 2 bridgehead atoms. The van der Waals surface area contributed by atoms with Crippen LogP contribution in [-0.2, 0) is 37.2 Å². The van der Waals surface area contributed by atoms with Gasteiger partial charge in [-0.3, -0.25) is 19.4 Å². The number of amides is 1. The summed E-state index contributed by atoms with van der Waals surface area (Å²) < 4.78 is 28.3. The van der Waals surface area contributed by atoms with E-state index in [1.165, 1.54) is 12.1 Å². The van der Waals surface area contributed by atoms with Crippen molar-refractivity contribution in [3.05, 3.63) is 59.9 Å². The Bertz CT molecular complexity index is 1150. The first-order valence-corrected chi connectivity index (χ1v) is 13.5. The first-order valence-electron chi connectivity index (χ1n) is 12.0. The van der Waals surface area contributed by atoms with E-state index in [0.717, 1.165) is 30.4 Å². The Morgan fingerprint density at radius 3 is 2.54 bits per heavy atom. The van der Waals surface area contributed by atoms with Gasteiger partial charge in [-0.2, -0.15) is 0 Å². The zero-order valence-corrected chi connectivity index (χ0v) is 21.0. The van der Waals surface area contributed by atoms with Crippen molar-refractivity contribution in [3.8, 4) is 0 Å². The van der Waals surface area contributed by atoms with E-state index in [1.54, 1.807) is 30.6 Å². The minimum Gasteiger partial charge on any atom is -0.349 e. The molecule has 1 amide bonds. The van der Waals surface area contributed by atoms with Crippen molar-refractivity contribution in [1.82, 2.24) is 15.0 Å². The third-order valence-corrected chi connectivity index (χ3v) is 7.49. The lowest BCUT2D eigenvalue weighted by Gasteiger charge is -2.22. The lowest BCUT2D eigenvalue weighted by molar-refractivity contribution is -0.141. The van der Waals surface area contributed by atoms with Crippen LogP contribution in [0.3, 0.4) is 0 Å². The van der Waals surface area contributed by atoms with E-state index in [0.29, 0.717) is 6.54 Å². The Morgan fingerprint density at radius 1 is 1.11 bits per heavy atom.